The molecule has 1 saturated carbocycles. The summed E-state index contributed by atoms with van der Waals surface area (Å²) in [5, 5.41) is 0.545. The van der Waals surface area contributed by atoms with Crippen LogP contribution in [0.3, 0.4) is 0 Å². The van der Waals surface area contributed by atoms with Crippen molar-refractivity contribution >= 4 is 23.4 Å². The highest BCUT2D eigenvalue weighted by Gasteiger charge is 2.47. The summed E-state index contributed by atoms with van der Waals surface area (Å²) in [5.41, 5.74) is 0.562. The van der Waals surface area contributed by atoms with Crippen molar-refractivity contribution in [1.29, 1.82) is 0 Å². The standard InChI is InChI=1S/C30H43ClF3N3O2/c1-28(2,3)27(39)37(22-10-13-29(4,5)14-11-22)23-12-15-36(16-23)26(38)25-18-35(19-30(32,33)34)17-24(25)20-6-8-21(31)9-7-20/h6-9,22-25H,10-19H2,1-5H3/t23-,24-,25+/m0/s1. The van der Waals surface area contributed by atoms with Crippen molar-refractivity contribution in [3.63, 3.8) is 0 Å². The summed E-state index contributed by atoms with van der Waals surface area (Å²) in [6.07, 6.45) is 0.378. The molecule has 0 unspecified atom stereocenters. The molecule has 39 heavy (non-hydrogen) atoms. The zero-order valence-corrected chi connectivity index (χ0v) is 24.6. The van der Waals surface area contributed by atoms with Crippen molar-refractivity contribution in [2.24, 2.45) is 16.7 Å². The molecule has 2 saturated heterocycles. The van der Waals surface area contributed by atoms with Gasteiger partial charge < -0.3 is 9.80 Å². The first-order valence-corrected chi connectivity index (χ1v) is 14.6. The minimum absolute atomic E-state index is 0.0646. The lowest BCUT2D eigenvalue weighted by Crippen LogP contribution is -2.54. The van der Waals surface area contributed by atoms with E-state index < -0.39 is 24.1 Å². The highest BCUT2D eigenvalue weighted by molar-refractivity contribution is 6.30. The molecule has 1 aromatic carbocycles. The van der Waals surface area contributed by atoms with Crippen LogP contribution in [0.2, 0.25) is 5.02 Å². The van der Waals surface area contributed by atoms with Crippen LogP contribution in [0.25, 0.3) is 0 Å². The number of benzene rings is 1. The second kappa shape index (κ2) is 11.2. The lowest BCUT2D eigenvalue weighted by atomic mass is 9.74. The van der Waals surface area contributed by atoms with Crippen molar-refractivity contribution in [2.75, 3.05) is 32.7 Å². The number of alkyl halides is 3. The summed E-state index contributed by atoms with van der Waals surface area (Å²) < 4.78 is 39.8. The van der Waals surface area contributed by atoms with Crippen LogP contribution in [0.15, 0.2) is 24.3 Å². The van der Waals surface area contributed by atoms with Crippen LogP contribution in [-0.4, -0.2) is 77.5 Å². The topological polar surface area (TPSA) is 43.9 Å². The van der Waals surface area contributed by atoms with Crippen molar-refractivity contribution in [2.45, 2.75) is 90.9 Å². The molecule has 1 aromatic rings. The molecule has 0 aromatic heterocycles. The second-order valence-corrected chi connectivity index (χ2v) is 14.1. The maximum absolute atomic E-state index is 13.9. The number of nitrogens with zero attached hydrogens (tertiary/aromatic N) is 3. The quantitative estimate of drug-likeness (QED) is 0.414. The summed E-state index contributed by atoms with van der Waals surface area (Å²) in [5.74, 6) is -0.920. The molecule has 3 aliphatic rings. The number of hydrogen-bond acceptors (Lipinski definition) is 3. The molecule has 0 spiro atoms. The minimum Gasteiger partial charge on any atom is -0.340 e. The van der Waals surface area contributed by atoms with Gasteiger partial charge in [0.25, 0.3) is 0 Å². The smallest absolute Gasteiger partial charge is 0.340 e. The molecule has 3 atom stereocenters. The van der Waals surface area contributed by atoms with Crippen LogP contribution < -0.4 is 0 Å². The zero-order chi connectivity index (χ0) is 28.8. The Bertz CT molecular complexity index is 1030. The van der Waals surface area contributed by atoms with Gasteiger partial charge >= 0.3 is 6.18 Å². The van der Waals surface area contributed by atoms with E-state index in [2.05, 4.69) is 18.7 Å². The average molecular weight is 570 g/mol. The Hall–Kier alpha value is -1.80. The van der Waals surface area contributed by atoms with E-state index in [1.54, 1.807) is 17.0 Å². The van der Waals surface area contributed by atoms with Crippen LogP contribution in [0.1, 0.15) is 78.2 Å². The van der Waals surface area contributed by atoms with E-state index >= 15 is 0 Å². The zero-order valence-electron chi connectivity index (χ0n) is 23.9. The number of halogens is 4. The molecule has 4 rings (SSSR count). The number of likely N-dealkylation sites (tertiary alicyclic amines) is 2. The van der Waals surface area contributed by atoms with E-state index in [0.717, 1.165) is 31.2 Å². The molecular formula is C30H43ClF3N3O2. The SMILES string of the molecule is CC1(C)CCC(N(C(=O)C(C)(C)C)[C@H]2CCN(C(=O)[C@@H]3CN(CC(F)(F)F)C[C@H]3c3ccc(Cl)cc3)C2)CC1. The van der Waals surface area contributed by atoms with E-state index in [1.807, 2.05) is 32.9 Å². The van der Waals surface area contributed by atoms with E-state index in [9.17, 15) is 22.8 Å². The molecule has 2 aliphatic heterocycles. The first-order chi connectivity index (χ1) is 18.0. The van der Waals surface area contributed by atoms with Gasteiger partial charge in [-0.05, 0) is 55.2 Å². The van der Waals surface area contributed by atoms with Crippen molar-refractivity contribution in [1.82, 2.24) is 14.7 Å². The van der Waals surface area contributed by atoms with Gasteiger partial charge in [0.05, 0.1) is 18.5 Å². The predicted molar refractivity (Wildman–Crippen MR) is 148 cm³/mol. The van der Waals surface area contributed by atoms with Gasteiger partial charge in [0.1, 0.15) is 0 Å². The van der Waals surface area contributed by atoms with Gasteiger partial charge in [0.15, 0.2) is 0 Å². The van der Waals surface area contributed by atoms with Gasteiger partial charge in [-0.15, -0.1) is 0 Å². The fourth-order valence-electron chi connectivity index (χ4n) is 6.65. The van der Waals surface area contributed by atoms with Crippen molar-refractivity contribution in [3.8, 4) is 0 Å². The number of carbonyl (C=O) groups excluding carboxylic acids is 2. The summed E-state index contributed by atoms with van der Waals surface area (Å²) in [7, 11) is 0. The molecule has 218 valence electrons. The molecule has 0 radical (unpaired) electrons. The lowest BCUT2D eigenvalue weighted by Gasteiger charge is -2.45. The molecule has 1 aliphatic carbocycles. The van der Waals surface area contributed by atoms with Crippen LogP contribution in [0.4, 0.5) is 13.2 Å². The van der Waals surface area contributed by atoms with E-state index in [1.165, 1.54) is 4.90 Å². The third-order valence-corrected chi connectivity index (χ3v) is 9.11. The van der Waals surface area contributed by atoms with Crippen LogP contribution in [0, 0.1) is 16.7 Å². The van der Waals surface area contributed by atoms with Gasteiger partial charge in [0, 0.05) is 48.6 Å². The van der Waals surface area contributed by atoms with Gasteiger partial charge in [-0.1, -0.05) is 58.4 Å². The summed E-state index contributed by atoms with van der Waals surface area (Å²) in [6.45, 7) is 10.5. The third-order valence-electron chi connectivity index (χ3n) is 8.86. The van der Waals surface area contributed by atoms with E-state index in [-0.39, 0.29) is 48.3 Å². The Morgan fingerprint density at radius 2 is 1.59 bits per heavy atom. The number of rotatable bonds is 5. The molecular weight excluding hydrogens is 527 g/mol. The largest absolute Gasteiger partial charge is 0.401 e. The summed E-state index contributed by atoms with van der Waals surface area (Å²) in [4.78, 5) is 32.8. The molecule has 3 fully saturated rings. The maximum atomic E-state index is 13.9. The number of hydrogen-bond donors (Lipinski definition) is 0. The Morgan fingerprint density at radius 3 is 2.15 bits per heavy atom. The molecule has 2 heterocycles. The highest BCUT2D eigenvalue weighted by atomic mass is 35.5. The Balaban J connectivity index is 1.52. The van der Waals surface area contributed by atoms with Crippen molar-refractivity contribution in [3.05, 3.63) is 34.9 Å². The Labute approximate surface area is 236 Å². The van der Waals surface area contributed by atoms with Crippen LogP contribution in [0.5, 0.6) is 0 Å². The normalized spacial score (nSPS) is 26.7. The van der Waals surface area contributed by atoms with Crippen molar-refractivity contribution < 1.29 is 22.8 Å². The first-order valence-electron chi connectivity index (χ1n) is 14.2. The van der Waals surface area contributed by atoms with Gasteiger partial charge in [0.2, 0.25) is 11.8 Å². The monoisotopic (exact) mass is 569 g/mol. The maximum Gasteiger partial charge on any atom is 0.401 e. The van der Waals surface area contributed by atoms with Crippen LogP contribution >= 0.6 is 11.6 Å². The van der Waals surface area contributed by atoms with Gasteiger partial charge in [-0.2, -0.15) is 13.2 Å². The highest BCUT2D eigenvalue weighted by Crippen LogP contribution is 2.41. The first kappa shape index (κ1) is 30.2. The number of carbonyl (C=O) groups is 2. The predicted octanol–water partition coefficient (Wildman–Crippen LogP) is 6.36. The van der Waals surface area contributed by atoms with Crippen LogP contribution in [-0.2, 0) is 9.59 Å². The lowest BCUT2D eigenvalue weighted by molar-refractivity contribution is -0.147. The Morgan fingerprint density at radius 1 is 0.974 bits per heavy atom. The summed E-state index contributed by atoms with van der Waals surface area (Å²) in [6, 6.07) is 7.14. The minimum atomic E-state index is -4.33. The van der Waals surface area contributed by atoms with E-state index in [4.69, 9.17) is 11.6 Å². The molecule has 0 N–H and O–H groups in total. The Kier molecular flexibility index (Phi) is 8.69. The molecule has 2 amide bonds. The van der Waals surface area contributed by atoms with E-state index in [0.29, 0.717) is 24.5 Å². The third kappa shape index (κ3) is 7.29. The molecule has 5 nitrogen and oxygen atoms in total. The summed E-state index contributed by atoms with van der Waals surface area (Å²) >= 11 is 6.05. The average Bonchev–Trinajstić information content (AvgIpc) is 3.46. The second-order valence-electron chi connectivity index (χ2n) is 13.7. The van der Waals surface area contributed by atoms with Gasteiger partial charge in [-0.3, -0.25) is 14.5 Å². The fraction of sp³-hybridized carbons (Fsp3) is 0.733. The molecule has 9 heteroatoms. The molecule has 0 bridgehead atoms. The fourth-order valence-corrected chi connectivity index (χ4v) is 6.77. The van der Waals surface area contributed by atoms with Gasteiger partial charge in [-0.25, -0.2) is 0 Å². The number of amides is 2.